The molecule has 0 aliphatic heterocycles. The van der Waals surface area contributed by atoms with Crippen LogP contribution >= 0.6 is 8.58 Å². The molecule has 0 spiro atoms. The van der Waals surface area contributed by atoms with Crippen molar-refractivity contribution in [3.8, 4) is 0 Å². The van der Waals surface area contributed by atoms with Gasteiger partial charge in [-0.15, -0.1) is 0 Å². The summed E-state index contributed by atoms with van der Waals surface area (Å²) in [5, 5.41) is 0. The van der Waals surface area contributed by atoms with E-state index in [9.17, 15) is 0 Å². The summed E-state index contributed by atoms with van der Waals surface area (Å²) in [5.41, 5.74) is 2.41. The molecule has 182 valence electrons. The van der Waals surface area contributed by atoms with Crippen molar-refractivity contribution in [2.45, 2.75) is 82.4 Å². The van der Waals surface area contributed by atoms with E-state index in [0.29, 0.717) is 6.61 Å². The normalized spacial score (nSPS) is 15.4. The van der Waals surface area contributed by atoms with Gasteiger partial charge in [-0.1, -0.05) is 12.8 Å². The quantitative estimate of drug-likeness (QED) is 0.157. The number of hydrogen-bond acceptors (Lipinski definition) is 2. The van der Waals surface area contributed by atoms with Crippen LogP contribution in [0.4, 0.5) is 0 Å². The summed E-state index contributed by atoms with van der Waals surface area (Å²) < 4.78 is 4.29. The second-order valence-electron chi connectivity index (χ2n) is 7.41. The Bertz CT molecular complexity index is 438. The van der Waals surface area contributed by atoms with Gasteiger partial charge in [-0.25, -0.2) is 19.2 Å². The molecule has 2 aliphatic rings. The number of rotatable bonds is 3. The minimum atomic E-state index is 0.708. The summed E-state index contributed by atoms with van der Waals surface area (Å²) in [6.45, 7) is 5.85. The third kappa shape index (κ3) is 24.6. The van der Waals surface area contributed by atoms with E-state index in [-0.39, 0.29) is 0 Å². The molecule has 2 aliphatic carbocycles. The molecule has 0 bridgehead atoms. The van der Waals surface area contributed by atoms with Gasteiger partial charge in [0.25, 0.3) is 0 Å². The molecule has 2 aromatic carbocycles. The predicted octanol–water partition coefficient (Wildman–Crippen LogP) is 7.41. The van der Waals surface area contributed by atoms with Crippen LogP contribution in [-0.2, 0) is 41.4 Å². The van der Waals surface area contributed by atoms with Gasteiger partial charge in [0.1, 0.15) is 0 Å². The summed E-state index contributed by atoms with van der Waals surface area (Å²) in [6, 6.07) is 20.0. The maximum atomic E-state index is 7.75. The Labute approximate surface area is 212 Å². The van der Waals surface area contributed by atoms with Crippen molar-refractivity contribution in [2.24, 2.45) is 0 Å². The van der Waals surface area contributed by atoms with Crippen LogP contribution in [0.2, 0.25) is 0 Å². The van der Waals surface area contributed by atoms with Gasteiger partial charge in [-0.05, 0) is 66.9 Å². The Kier molecular flexibility index (Phi) is 32.4. The summed E-state index contributed by atoms with van der Waals surface area (Å²) in [6.07, 6.45) is 15.6. The topological polar surface area (TPSA) is 26.3 Å². The van der Waals surface area contributed by atoms with Gasteiger partial charge >= 0.3 is 31.9 Å². The molecule has 2 fully saturated rings. The number of ether oxygens (including phenoxy) is 1. The average Bonchev–Trinajstić information content (AvgIpc) is 3.63. The fraction of sp³-hybridized carbons (Fsp3) is 0.538. The van der Waals surface area contributed by atoms with Crippen molar-refractivity contribution in [3.63, 3.8) is 0 Å². The van der Waals surface area contributed by atoms with Crippen LogP contribution in [0, 0.1) is 7.11 Å². The fourth-order valence-corrected chi connectivity index (χ4v) is 6.16. The molecule has 5 heteroatoms. The molecular weight excluding hydrogens is 567 g/mol. The van der Waals surface area contributed by atoms with Crippen molar-refractivity contribution in [1.82, 2.24) is 0 Å². The number of carbonyl (C=O) groups excluding carboxylic acids is 1. The van der Waals surface area contributed by atoms with E-state index >= 15 is 0 Å². The first-order valence-electron chi connectivity index (χ1n) is 11.3. The zero-order chi connectivity index (χ0) is 23.4. The SMILES string of the molecule is C1CCC([PH2+]C2CCCCC2)CC1.[CH-]=O.[CH2-]OCC.[Mo]#[Mo].[cH-]1[cH-][cH-][cH-][cH-]1.c1cc[cH-]c1. The van der Waals surface area contributed by atoms with E-state index in [1.54, 1.807) is 51.4 Å². The molecule has 2 aromatic rings. The molecule has 0 unspecified atom stereocenters. The molecule has 0 radical (unpaired) electrons. The second kappa shape index (κ2) is 30.1. The van der Waals surface area contributed by atoms with Gasteiger partial charge in [0, 0.05) is 6.61 Å². The van der Waals surface area contributed by atoms with Crippen molar-refractivity contribution in [1.29, 1.82) is 0 Å². The van der Waals surface area contributed by atoms with Gasteiger partial charge in [0.2, 0.25) is 0 Å². The van der Waals surface area contributed by atoms with Crippen molar-refractivity contribution >= 4 is 15.4 Å². The monoisotopic (exact) mass is 613 g/mol. The molecule has 31 heavy (non-hydrogen) atoms. The zero-order valence-electron chi connectivity index (χ0n) is 19.2. The van der Waals surface area contributed by atoms with Crippen molar-refractivity contribution in [2.75, 3.05) is 6.61 Å². The molecule has 0 atom stereocenters. The van der Waals surface area contributed by atoms with Gasteiger partial charge in [-0.3, -0.25) is 6.79 Å². The van der Waals surface area contributed by atoms with E-state index in [0.717, 1.165) is 8.58 Å². The molecule has 0 N–H and O–H groups in total. The molecule has 0 heterocycles. The van der Waals surface area contributed by atoms with Gasteiger partial charge in [-0.2, -0.15) is 18.2 Å². The van der Waals surface area contributed by atoms with E-state index in [4.69, 9.17) is 4.79 Å². The van der Waals surface area contributed by atoms with Crippen LogP contribution in [0.1, 0.15) is 71.1 Å². The molecule has 4 rings (SSSR count). The van der Waals surface area contributed by atoms with Crippen LogP contribution < -0.4 is 0 Å². The van der Waals surface area contributed by atoms with Crippen LogP contribution in [-0.4, -0.2) is 24.7 Å². The Morgan fingerprint density at radius 1 is 0.839 bits per heavy atom. The first-order valence-corrected chi connectivity index (χ1v) is 18.3. The van der Waals surface area contributed by atoms with E-state index in [1.165, 1.54) is 24.2 Å². The molecule has 0 aromatic heterocycles. The molecule has 0 amide bonds. The van der Waals surface area contributed by atoms with Crippen LogP contribution in [0.15, 0.2) is 60.7 Å². The molecular formula is C26H42Mo2O2P-7. The van der Waals surface area contributed by atoms with Crippen LogP contribution in [0.3, 0.4) is 0 Å². The minimum absolute atomic E-state index is 0.708. The van der Waals surface area contributed by atoms with Crippen molar-refractivity contribution < 1.29 is 41.4 Å². The van der Waals surface area contributed by atoms with Gasteiger partial charge in [0.15, 0.2) is 0 Å². The minimum Gasteiger partial charge on any atom is -0.748 e. The van der Waals surface area contributed by atoms with Gasteiger partial charge < -0.3 is 39.9 Å². The fourth-order valence-electron chi connectivity index (χ4n) is 3.68. The Morgan fingerprint density at radius 2 is 1.16 bits per heavy atom. The first-order chi connectivity index (χ1) is 15.4. The van der Waals surface area contributed by atoms with Crippen LogP contribution in [0.5, 0.6) is 0 Å². The third-order valence-electron chi connectivity index (χ3n) is 5.16. The Hall–Kier alpha value is 0.137. The molecule has 2 nitrogen and oxygen atoms in total. The zero-order valence-corrected chi connectivity index (χ0v) is 24.4. The summed E-state index contributed by atoms with van der Waals surface area (Å²) in [7, 11) is 3.93. The van der Waals surface area contributed by atoms with Crippen LogP contribution in [0.25, 0.3) is 0 Å². The largest absolute Gasteiger partial charge is 0.748 e. The predicted molar refractivity (Wildman–Crippen MR) is 131 cm³/mol. The maximum Gasteiger partial charge on any atom is -0.172 e. The average molecular weight is 609 g/mol. The molecule has 0 saturated heterocycles. The molecule has 2 saturated carbocycles. The summed E-state index contributed by atoms with van der Waals surface area (Å²) in [5.74, 6) is 0. The second-order valence-corrected chi connectivity index (χ2v) is 9.68. The number of hydrogen-bond donors (Lipinski definition) is 0. The van der Waals surface area contributed by atoms with E-state index < -0.39 is 0 Å². The van der Waals surface area contributed by atoms with Gasteiger partial charge in [0.05, 0.1) is 11.3 Å². The Morgan fingerprint density at radius 3 is 1.39 bits per heavy atom. The van der Waals surface area contributed by atoms with Crippen molar-refractivity contribution in [3.05, 3.63) is 67.8 Å². The Balaban J connectivity index is 0. The maximum absolute atomic E-state index is 7.75. The van der Waals surface area contributed by atoms with E-state index in [2.05, 4.69) is 18.6 Å². The third-order valence-corrected chi connectivity index (χ3v) is 7.58. The standard InChI is InChI=1S/C12H23P.2C5H5.C3H7O.CHO.2Mo/c1-3-7-11(8-4-1)13-12-9-5-2-6-10-12;2*1-2-4-5-3-1;1-3-4-2;1-2;;/h11-13H,1-10H2;2*1-5H;2-3H2,1H3;1H;;/q;-5;3*-1;;/p+1. The summed E-state index contributed by atoms with van der Waals surface area (Å²) >= 11 is 3.92. The van der Waals surface area contributed by atoms with E-state index in [1.807, 2.05) is 99.5 Å². The first kappa shape index (κ1) is 33.3. The smallest absolute Gasteiger partial charge is 0.172 e. The summed E-state index contributed by atoms with van der Waals surface area (Å²) in [4.78, 5) is 7.75.